The molecule has 1 aliphatic rings. The number of hydrogen-bond donors (Lipinski definition) is 3. The number of benzene rings is 1. The van der Waals surface area contributed by atoms with E-state index in [-0.39, 0.29) is 0 Å². The third-order valence-electron chi connectivity index (χ3n) is 2.39. The Morgan fingerprint density at radius 1 is 1.22 bits per heavy atom. The van der Waals surface area contributed by atoms with Gasteiger partial charge < -0.3 is 15.5 Å². The van der Waals surface area contributed by atoms with E-state index in [4.69, 9.17) is 15.0 Å². The molecule has 1 fully saturated rings. The minimum Gasteiger partial charge on any atom is -0.508 e. The monoisotopic (exact) mass is 263 g/mol. The van der Waals surface area contributed by atoms with Gasteiger partial charge in [-0.2, -0.15) is 13.2 Å². The summed E-state index contributed by atoms with van der Waals surface area (Å²) in [6.07, 6.45) is -5.08. The largest absolute Gasteiger partial charge is 0.508 e. The van der Waals surface area contributed by atoms with E-state index in [0.717, 1.165) is 13.1 Å². The fourth-order valence-corrected chi connectivity index (χ4v) is 1.27. The lowest BCUT2D eigenvalue weighted by Gasteiger charge is -2.27. The van der Waals surface area contributed by atoms with Crippen molar-refractivity contribution in [2.45, 2.75) is 12.1 Å². The fourth-order valence-electron chi connectivity index (χ4n) is 1.27. The van der Waals surface area contributed by atoms with Gasteiger partial charge in [-0.05, 0) is 17.7 Å². The van der Waals surface area contributed by atoms with Crippen LogP contribution in [0.3, 0.4) is 0 Å². The molecule has 7 heteroatoms. The molecule has 0 saturated carbocycles. The van der Waals surface area contributed by atoms with Crippen LogP contribution < -0.4 is 5.32 Å². The highest BCUT2D eigenvalue weighted by Crippen LogP contribution is 2.21. The molecule has 0 radical (unpaired) electrons. The molecule has 1 heterocycles. The van der Waals surface area contributed by atoms with Crippen LogP contribution in [0.1, 0.15) is 11.5 Å². The Morgan fingerprint density at radius 3 is 1.94 bits per heavy atom. The average Bonchev–Trinajstić information content (AvgIpc) is 2.18. The van der Waals surface area contributed by atoms with E-state index in [0.29, 0.717) is 11.7 Å². The van der Waals surface area contributed by atoms with E-state index < -0.39 is 12.1 Å². The third kappa shape index (κ3) is 4.25. The zero-order valence-electron chi connectivity index (χ0n) is 9.24. The molecular weight excluding hydrogens is 251 g/mol. The Kier molecular flexibility index (Phi) is 4.55. The molecule has 1 aliphatic heterocycles. The topological polar surface area (TPSA) is 69.6 Å². The van der Waals surface area contributed by atoms with Crippen LogP contribution >= 0.6 is 0 Å². The summed E-state index contributed by atoms with van der Waals surface area (Å²) in [4.78, 5) is 8.90. The number of nitrogens with one attached hydrogen (secondary N) is 1. The van der Waals surface area contributed by atoms with Gasteiger partial charge in [0, 0.05) is 19.0 Å². The number of phenols is 1. The van der Waals surface area contributed by atoms with Crippen LogP contribution in [0.4, 0.5) is 13.2 Å². The molecule has 0 amide bonds. The summed E-state index contributed by atoms with van der Waals surface area (Å²) in [7, 11) is 0. The van der Waals surface area contributed by atoms with Crippen molar-refractivity contribution in [3.8, 4) is 5.75 Å². The minimum atomic E-state index is -5.08. The minimum absolute atomic E-state index is 0.348. The Balaban J connectivity index is 0.000000203. The first kappa shape index (κ1) is 14.3. The fraction of sp³-hybridized carbons (Fsp3) is 0.364. The van der Waals surface area contributed by atoms with E-state index in [1.54, 1.807) is 12.1 Å². The molecule has 18 heavy (non-hydrogen) atoms. The third-order valence-corrected chi connectivity index (χ3v) is 2.39. The molecule has 1 aromatic carbocycles. The molecule has 0 atom stereocenters. The lowest BCUT2D eigenvalue weighted by molar-refractivity contribution is -0.192. The molecule has 0 aliphatic carbocycles. The van der Waals surface area contributed by atoms with Crippen molar-refractivity contribution in [1.29, 1.82) is 0 Å². The van der Waals surface area contributed by atoms with Gasteiger partial charge in [0.05, 0.1) is 0 Å². The van der Waals surface area contributed by atoms with Gasteiger partial charge in [-0.15, -0.1) is 0 Å². The van der Waals surface area contributed by atoms with Crippen LogP contribution in [0.15, 0.2) is 24.3 Å². The first-order valence-electron chi connectivity index (χ1n) is 5.10. The van der Waals surface area contributed by atoms with E-state index in [9.17, 15) is 13.2 Å². The summed E-state index contributed by atoms with van der Waals surface area (Å²) in [5.74, 6) is -1.75. The molecule has 0 unspecified atom stereocenters. The van der Waals surface area contributed by atoms with Crippen molar-refractivity contribution in [2.75, 3.05) is 13.1 Å². The van der Waals surface area contributed by atoms with E-state index >= 15 is 0 Å². The lowest BCUT2D eigenvalue weighted by Crippen LogP contribution is -2.39. The number of alkyl halides is 3. The van der Waals surface area contributed by atoms with Crippen LogP contribution in [-0.4, -0.2) is 35.4 Å². The molecular formula is C11H12F3NO3. The first-order chi connectivity index (χ1) is 8.30. The second-order valence-electron chi connectivity index (χ2n) is 3.75. The van der Waals surface area contributed by atoms with Gasteiger partial charge in [0.1, 0.15) is 5.75 Å². The van der Waals surface area contributed by atoms with Crippen LogP contribution in [0.2, 0.25) is 0 Å². The highest BCUT2D eigenvalue weighted by atomic mass is 19.4. The van der Waals surface area contributed by atoms with Gasteiger partial charge in [-0.1, -0.05) is 12.1 Å². The van der Waals surface area contributed by atoms with Crippen LogP contribution in [0, 0.1) is 0 Å². The van der Waals surface area contributed by atoms with Gasteiger partial charge in [-0.25, -0.2) is 4.79 Å². The second-order valence-corrected chi connectivity index (χ2v) is 3.75. The van der Waals surface area contributed by atoms with Gasteiger partial charge in [-0.3, -0.25) is 0 Å². The summed E-state index contributed by atoms with van der Waals surface area (Å²) in [5, 5.41) is 19.4. The normalized spacial score (nSPS) is 15.3. The van der Waals surface area contributed by atoms with Crippen LogP contribution in [0.5, 0.6) is 5.75 Å². The van der Waals surface area contributed by atoms with Crippen molar-refractivity contribution in [2.24, 2.45) is 0 Å². The summed E-state index contributed by atoms with van der Waals surface area (Å²) in [6.45, 7) is 2.15. The summed E-state index contributed by atoms with van der Waals surface area (Å²) >= 11 is 0. The van der Waals surface area contributed by atoms with Crippen molar-refractivity contribution in [3.63, 3.8) is 0 Å². The van der Waals surface area contributed by atoms with Crippen molar-refractivity contribution < 1.29 is 28.2 Å². The summed E-state index contributed by atoms with van der Waals surface area (Å²) < 4.78 is 31.7. The van der Waals surface area contributed by atoms with Gasteiger partial charge in [0.15, 0.2) is 0 Å². The predicted molar refractivity (Wildman–Crippen MR) is 57.4 cm³/mol. The zero-order valence-corrected chi connectivity index (χ0v) is 9.24. The molecule has 2 rings (SSSR count). The van der Waals surface area contributed by atoms with E-state index in [2.05, 4.69) is 5.32 Å². The standard InChI is InChI=1S/C9H11NO.C2HF3O2/c11-9-3-1-7(2-4-9)8-5-10-6-8;3-2(4,5)1(6)7/h1-4,8,10-11H,5-6H2;(H,6,7). The number of carboxylic acid groups (broad SMARTS) is 1. The van der Waals surface area contributed by atoms with Gasteiger partial charge in [0.25, 0.3) is 0 Å². The number of halogens is 3. The predicted octanol–water partition coefficient (Wildman–Crippen LogP) is 1.71. The number of phenolic OH excluding ortho intramolecular Hbond substituents is 1. The van der Waals surface area contributed by atoms with Crippen molar-refractivity contribution in [1.82, 2.24) is 5.32 Å². The SMILES string of the molecule is O=C(O)C(F)(F)F.Oc1ccc(C2CNC2)cc1. The molecule has 1 aromatic rings. The summed E-state index contributed by atoms with van der Waals surface area (Å²) in [5.41, 5.74) is 1.32. The molecule has 3 N–H and O–H groups in total. The zero-order chi connectivity index (χ0) is 13.8. The Morgan fingerprint density at radius 2 is 1.67 bits per heavy atom. The second kappa shape index (κ2) is 5.72. The Bertz CT molecular complexity index is 399. The quantitative estimate of drug-likeness (QED) is 0.721. The highest BCUT2D eigenvalue weighted by Gasteiger charge is 2.38. The lowest BCUT2D eigenvalue weighted by atomic mass is 9.94. The molecule has 4 nitrogen and oxygen atoms in total. The average molecular weight is 263 g/mol. The van der Waals surface area contributed by atoms with Crippen LogP contribution in [0.25, 0.3) is 0 Å². The molecule has 100 valence electrons. The highest BCUT2D eigenvalue weighted by molar-refractivity contribution is 5.73. The first-order valence-corrected chi connectivity index (χ1v) is 5.10. The van der Waals surface area contributed by atoms with Gasteiger partial charge >= 0.3 is 12.1 Å². The maximum atomic E-state index is 10.6. The number of aliphatic carboxylic acids is 1. The molecule has 0 spiro atoms. The smallest absolute Gasteiger partial charge is 0.490 e. The maximum absolute atomic E-state index is 10.6. The van der Waals surface area contributed by atoms with Crippen molar-refractivity contribution >= 4 is 5.97 Å². The molecule has 0 bridgehead atoms. The van der Waals surface area contributed by atoms with Gasteiger partial charge in [0.2, 0.25) is 0 Å². The number of carboxylic acids is 1. The molecule has 1 saturated heterocycles. The molecule has 0 aromatic heterocycles. The number of carbonyl (C=O) groups is 1. The number of rotatable bonds is 1. The Hall–Kier alpha value is -1.76. The van der Waals surface area contributed by atoms with E-state index in [1.165, 1.54) is 5.56 Å². The number of hydrogen-bond acceptors (Lipinski definition) is 3. The van der Waals surface area contributed by atoms with Crippen LogP contribution in [-0.2, 0) is 4.79 Å². The summed E-state index contributed by atoms with van der Waals surface area (Å²) in [6, 6.07) is 7.46. The number of aromatic hydroxyl groups is 1. The maximum Gasteiger partial charge on any atom is 0.490 e. The van der Waals surface area contributed by atoms with E-state index in [1.807, 2.05) is 12.1 Å². The Labute approximate surface area is 101 Å². The van der Waals surface area contributed by atoms with Crippen molar-refractivity contribution in [3.05, 3.63) is 29.8 Å².